The van der Waals surface area contributed by atoms with Crippen LogP contribution in [0.15, 0.2) is 18.2 Å². The maximum absolute atomic E-state index is 13.4. The summed E-state index contributed by atoms with van der Waals surface area (Å²) < 4.78 is 40.2. The van der Waals surface area contributed by atoms with Crippen molar-refractivity contribution in [2.24, 2.45) is 5.73 Å². The zero-order valence-corrected chi connectivity index (χ0v) is 10.6. The van der Waals surface area contributed by atoms with E-state index in [9.17, 15) is 12.8 Å². The summed E-state index contributed by atoms with van der Waals surface area (Å²) in [6.07, 6.45) is 1.44. The average molecular weight is 261 g/mol. The lowest BCUT2D eigenvalue weighted by Crippen LogP contribution is -2.31. The van der Waals surface area contributed by atoms with E-state index in [0.29, 0.717) is 12.0 Å². The first-order valence-electron chi connectivity index (χ1n) is 5.07. The van der Waals surface area contributed by atoms with Gasteiger partial charge in [-0.15, -0.1) is 0 Å². The molecule has 2 N–H and O–H groups in total. The van der Waals surface area contributed by atoms with Crippen LogP contribution in [0, 0.1) is 5.82 Å². The fourth-order valence-electron chi connectivity index (χ4n) is 1.59. The monoisotopic (exact) mass is 261 g/mol. The van der Waals surface area contributed by atoms with E-state index in [-0.39, 0.29) is 11.5 Å². The number of hydrogen-bond acceptors (Lipinski definition) is 4. The Kier molecular flexibility index (Phi) is 4.47. The number of halogens is 1. The number of hydrogen-bond donors (Lipinski definition) is 1. The fourth-order valence-corrected chi connectivity index (χ4v) is 2.48. The van der Waals surface area contributed by atoms with Crippen LogP contribution in [0.2, 0.25) is 0 Å². The van der Waals surface area contributed by atoms with Gasteiger partial charge in [0.25, 0.3) is 0 Å². The summed E-state index contributed by atoms with van der Waals surface area (Å²) in [6.45, 7) is 0. The fraction of sp³-hybridized carbons (Fsp3) is 0.455. The molecule has 1 unspecified atom stereocenters. The van der Waals surface area contributed by atoms with E-state index in [1.54, 1.807) is 6.07 Å². The highest BCUT2D eigenvalue weighted by Gasteiger charge is 2.12. The topological polar surface area (TPSA) is 69.4 Å². The van der Waals surface area contributed by atoms with Gasteiger partial charge in [-0.25, -0.2) is 12.8 Å². The second-order valence-corrected chi connectivity index (χ2v) is 6.21. The van der Waals surface area contributed by atoms with Gasteiger partial charge in [0.05, 0.1) is 12.9 Å². The van der Waals surface area contributed by atoms with E-state index in [0.717, 1.165) is 6.26 Å². The maximum atomic E-state index is 13.4. The minimum atomic E-state index is -3.11. The first-order valence-corrected chi connectivity index (χ1v) is 7.13. The minimum absolute atomic E-state index is 0.110. The van der Waals surface area contributed by atoms with Crippen LogP contribution in [-0.4, -0.2) is 33.6 Å². The molecule has 0 fully saturated rings. The molecule has 0 radical (unpaired) electrons. The Morgan fingerprint density at radius 3 is 2.59 bits per heavy atom. The molecular weight excluding hydrogens is 245 g/mol. The third kappa shape index (κ3) is 4.70. The molecule has 0 bridgehead atoms. The van der Waals surface area contributed by atoms with Gasteiger partial charge in [0.15, 0.2) is 11.6 Å². The first kappa shape index (κ1) is 13.9. The third-order valence-corrected chi connectivity index (χ3v) is 3.26. The Balaban J connectivity index is 2.72. The zero-order chi connectivity index (χ0) is 13.1. The Labute approximate surface area is 101 Å². The highest BCUT2D eigenvalue weighted by Crippen LogP contribution is 2.18. The quantitative estimate of drug-likeness (QED) is 0.849. The summed E-state index contributed by atoms with van der Waals surface area (Å²) >= 11 is 0. The standard InChI is InChI=1S/C11H16FNO3S/c1-16-11-4-3-8(6-10(11)12)5-9(13)7-17(2,14)15/h3-4,6,9H,5,7,13H2,1-2H3. The molecule has 6 heteroatoms. The van der Waals surface area contributed by atoms with Crippen LogP contribution in [0.25, 0.3) is 0 Å². The highest BCUT2D eigenvalue weighted by molar-refractivity contribution is 7.90. The Bertz CT molecular complexity index is 487. The highest BCUT2D eigenvalue weighted by atomic mass is 32.2. The summed E-state index contributed by atoms with van der Waals surface area (Å²) in [5.74, 6) is -0.428. The summed E-state index contributed by atoms with van der Waals surface area (Å²) in [4.78, 5) is 0. The lowest BCUT2D eigenvalue weighted by molar-refractivity contribution is 0.386. The third-order valence-electron chi connectivity index (χ3n) is 2.23. The number of methoxy groups -OCH3 is 1. The van der Waals surface area contributed by atoms with E-state index in [1.807, 2.05) is 0 Å². The number of nitrogens with two attached hydrogens (primary N) is 1. The molecule has 0 saturated carbocycles. The summed E-state index contributed by atoms with van der Waals surface area (Å²) in [6, 6.07) is 3.95. The van der Waals surface area contributed by atoms with Crippen LogP contribution in [0.5, 0.6) is 5.75 Å². The normalized spacial score (nSPS) is 13.4. The van der Waals surface area contributed by atoms with Crippen LogP contribution in [0.3, 0.4) is 0 Å². The van der Waals surface area contributed by atoms with Gasteiger partial charge in [0, 0.05) is 12.3 Å². The molecule has 1 aromatic carbocycles. The van der Waals surface area contributed by atoms with Crippen molar-refractivity contribution in [1.82, 2.24) is 0 Å². The van der Waals surface area contributed by atoms with Gasteiger partial charge in [0.1, 0.15) is 9.84 Å². The molecule has 0 saturated heterocycles. The number of benzene rings is 1. The van der Waals surface area contributed by atoms with Crippen molar-refractivity contribution in [3.05, 3.63) is 29.6 Å². The SMILES string of the molecule is COc1ccc(CC(N)CS(C)(=O)=O)cc1F. The molecule has 0 aromatic heterocycles. The number of ether oxygens (including phenoxy) is 1. The maximum Gasteiger partial charge on any atom is 0.165 e. The minimum Gasteiger partial charge on any atom is -0.494 e. The Morgan fingerprint density at radius 2 is 2.12 bits per heavy atom. The van der Waals surface area contributed by atoms with Gasteiger partial charge in [-0.2, -0.15) is 0 Å². The van der Waals surface area contributed by atoms with Crippen molar-refractivity contribution < 1.29 is 17.5 Å². The van der Waals surface area contributed by atoms with E-state index >= 15 is 0 Å². The van der Waals surface area contributed by atoms with E-state index in [4.69, 9.17) is 10.5 Å². The number of rotatable bonds is 5. The van der Waals surface area contributed by atoms with Crippen molar-refractivity contribution >= 4 is 9.84 Å². The largest absolute Gasteiger partial charge is 0.494 e. The van der Waals surface area contributed by atoms with Gasteiger partial charge in [0.2, 0.25) is 0 Å². The molecule has 17 heavy (non-hydrogen) atoms. The molecule has 4 nitrogen and oxygen atoms in total. The molecule has 0 heterocycles. The Morgan fingerprint density at radius 1 is 1.47 bits per heavy atom. The van der Waals surface area contributed by atoms with Gasteiger partial charge < -0.3 is 10.5 Å². The number of sulfone groups is 1. The first-order chi connectivity index (χ1) is 7.81. The second kappa shape index (κ2) is 5.46. The van der Waals surface area contributed by atoms with Crippen LogP contribution in [0.4, 0.5) is 4.39 Å². The molecular formula is C11H16FNO3S. The summed E-state index contributed by atoms with van der Waals surface area (Å²) in [5, 5.41) is 0. The zero-order valence-electron chi connectivity index (χ0n) is 9.81. The van der Waals surface area contributed by atoms with Crippen molar-refractivity contribution in [2.75, 3.05) is 19.1 Å². The van der Waals surface area contributed by atoms with Crippen molar-refractivity contribution in [3.8, 4) is 5.75 Å². The lowest BCUT2D eigenvalue weighted by Gasteiger charge is -2.11. The predicted octanol–water partition coefficient (Wildman–Crippen LogP) is 0.749. The molecule has 96 valence electrons. The van der Waals surface area contributed by atoms with Crippen LogP contribution in [0.1, 0.15) is 5.56 Å². The van der Waals surface area contributed by atoms with E-state index in [2.05, 4.69) is 0 Å². The van der Waals surface area contributed by atoms with Crippen LogP contribution in [-0.2, 0) is 16.3 Å². The van der Waals surface area contributed by atoms with Crippen molar-refractivity contribution in [3.63, 3.8) is 0 Å². The summed E-state index contributed by atoms with van der Waals surface area (Å²) in [7, 11) is -1.73. The molecule has 0 amide bonds. The predicted molar refractivity (Wildman–Crippen MR) is 64.3 cm³/mol. The van der Waals surface area contributed by atoms with E-state index in [1.165, 1.54) is 19.2 Å². The van der Waals surface area contributed by atoms with Crippen molar-refractivity contribution in [1.29, 1.82) is 0 Å². The molecule has 0 aliphatic carbocycles. The Hall–Kier alpha value is -1.14. The molecule has 1 rings (SSSR count). The molecule has 0 aliphatic rings. The lowest BCUT2D eigenvalue weighted by atomic mass is 10.1. The molecule has 1 atom stereocenters. The van der Waals surface area contributed by atoms with Crippen LogP contribution >= 0.6 is 0 Å². The van der Waals surface area contributed by atoms with E-state index < -0.39 is 21.7 Å². The van der Waals surface area contributed by atoms with Crippen molar-refractivity contribution in [2.45, 2.75) is 12.5 Å². The van der Waals surface area contributed by atoms with Gasteiger partial charge in [-0.05, 0) is 24.1 Å². The van der Waals surface area contributed by atoms with Gasteiger partial charge in [-0.3, -0.25) is 0 Å². The van der Waals surface area contributed by atoms with Gasteiger partial charge >= 0.3 is 0 Å². The average Bonchev–Trinajstić information content (AvgIpc) is 2.14. The van der Waals surface area contributed by atoms with Gasteiger partial charge in [-0.1, -0.05) is 6.07 Å². The molecule has 0 spiro atoms. The second-order valence-electron chi connectivity index (χ2n) is 4.03. The molecule has 1 aromatic rings. The molecule has 0 aliphatic heterocycles. The van der Waals surface area contributed by atoms with Crippen LogP contribution < -0.4 is 10.5 Å². The summed E-state index contributed by atoms with van der Waals surface area (Å²) in [5.41, 5.74) is 6.33. The smallest absolute Gasteiger partial charge is 0.165 e.